The molecule has 1 aromatic carbocycles. The maximum Gasteiger partial charge on any atom is 0.311 e. The molecule has 3 aliphatic heterocycles. The van der Waals surface area contributed by atoms with Crippen molar-refractivity contribution < 1.29 is 24.2 Å². The fourth-order valence-electron chi connectivity index (χ4n) is 6.51. The highest BCUT2D eigenvalue weighted by Crippen LogP contribution is 2.68. The van der Waals surface area contributed by atoms with E-state index in [0.29, 0.717) is 23.7 Å². The Labute approximate surface area is 234 Å². The van der Waals surface area contributed by atoms with E-state index in [1.165, 1.54) is 6.08 Å². The molecule has 2 amide bonds. The summed E-state index contributed by atoms with van der Waals surface area (Å²) >= 11 is 7.75. The molecule has 206 valence electrons. The average Bonchev–Trinajstić information content (AvgIpc) is 3.49. The Balaban J connectivity index is 1.72. The van der Waals surface area contributed by atoms with Crippen LogP contribution in [0.15, 0.2) is 49.6 Å². The Morgan fingerprint density at radius 2 is 1.92 bits per heavy atom. The zero-order chi connectivity index (χ0) is 27.4. The molecule has 0 aromatic heterocycles. The number of thioether (sulfide) groups is 1. The number of likely N-dealkylation sites (tertiary alicyclic amines) is 1. The van der Waals surface area contributed by atoms with E-state index in [4.69, 9.17) is 21.4 Å². The number of nitrogens with zero attached hydrogens (tertiary/aromatic N) is 2. The third kappa shape index (κ3) is 5.03. The molecule has 6 atom stereocenters. The van der Waals surface area contributed by atoms with E-state index < -0.39 is 22.6 Å². The minimum atomic E-state index is -0.715. The second-order valence-corrected chi connectivity index (χ2v) is 12.3. The van der Waals surface area contributed by atoms with Crippen LogP contribution in [0.25, 0.3) is 0 Å². The van der Waals surface area contributed by atoms with Crippen LogP contribution >= 0.6 is 23.4 Å². The monoisotopic (exact) mass is 560 g/mol. The normalized spacial score (nSPS) is 29.3. The molecule has 3 saturated heterocycles. The number of unbranched alkanes of at least 4 members (excludes halogenated alkanes) is 3. The van der Waals surface area contributed by atoms with Crippen LogP contribution in [-0.4, -0.2) is 70.1 Å². The zero-order valence-corrected chi connectivity index (χ0v) is 23.5. The molecule has 38 heavy (non-hydrogen) atoms. The van der Waals surface area contributed by atoms with Crippen LogP contribution in [0.3, 0.4) is 0 Å². The first kappa shape index (κ1) is 28.7. The van der Waals surface area contributed by atoms with Crippen molar-refractivity contribution >= 4 is 46.8 Å². The van der Waals surface area contributed by atoms with Crippen LogP contribution in [0.1, 0.15) is 39.0 Å². The Hall–Kier alpha value is -2.29. The lowest BCUT2D eigenvalue weighted by molar-refractivity contribution is -0.153. The smallest absolute Gasteiger partial charge is 0.311 e. The van der Waals surface area contributed by atoms with Gasteiger partial charge in [-0.25, -0.2) is 0 Å². The number of fused-ring (bicyclic) bond motifs is 1. The van der Waals surface area contributed by atoms with Crippen molar-refractivity contribution in [3.8, 4) is 0 Å². The number of amides is 2. The predicted molar refractivity (Wildman–Crippen MR) is 151 cm³/mol. The third-order valence-electron chi connectivity index (χ3n) is 8.12. The lowest BCUT2D eigenvalue weighted by atomic mass is 9.66. The van der Waals surface area contributed by atoms with Gasteiger partial charge >= 0.3 is 5.97 Å². The van der Waals surface area contributed by atoms with Gasteiger partial charge in [0.2, 0.25) is 5.91 Å². The molecular formula is C29H37ClN2O5S. The molecule has 2 bridgehead atoms. The molecule has 1 N–H and O–H groups in total. The van der Waals surface area contributed by atoms with Crippen LogP contribution in [0.4, 0.5) is 5.69 Å². The number of carbonyl (C=O) groups excluding carboxylic acids is 3. The van der Waals surface area contributed by atoms with Crippen LogP contribution in [0, 0.1) is 17.8 Å². The first-order chi connectivity index (χ1) is 18.3. The van der Waals surface area contributed by atoms with Crippen molar-refractivity contribution in [2.24, 2.45) is 17.8 Å². The highest BCUT2D eigenvalue weighted by atomic mass is 35.5. The molecule has 0 saturated carbocycles. The Bertz CT molecular complexity index is 1070. The van der Waals surface area contributed by atoms with Crippen LogP contribution in [0.5, 0.6) is 0 Å². The molecule has 7 nitrogen and oxygen atoms in total. The number of esters is 1. The maximum absolute atomic E-state index is 14.5. The van der Waals surface area contributed by atoms with Gasteiger partial charge in [0.25, 0.3) is 5.91 Å². The number of halogens is 1. The van der Waals surface area contributed by atoms with E-state index in [1.807, 2.05) is 0 Å². The molecule has 3 unspecified atom stereocenters. The summed E-state index contributed by atoms with van der Waals surface area (Å²) in [5.41, 5.74) is 0.682. The predicted octanol–water partition coefficient (Wildman–Crippen LogP) is 4.48. The summed E-state index contributed by atoms with van der Waals surface area (Å²) in [5.74, 6) is -1.81. The first-order valence-electron chi connectivity index (χ1n) is 13.4. The summed E-state index contributed by atoms with van der Waals surface area (Å²) in [6.45, 7) is 10.5. The molecule has 1 spiro atoms. The molecule has 9 heteroatoms. The number of anilines is 1. The highest BCUT2D eigenvalue weighted by Gasteiger charge is 2.76. The summed E-state index contributed by atoms with van der Waals surface area (Å²) in [6, 6.07) is 6.37. The van der Waals surface area contributed by atoms with E-state index in [1.54, 1.807) is 51.9 Å². The largest absolute Gasteiger partial charge is 0.461 e. The SMILES string of the molecule is C=CCOC(=O)[C@@H]1[C@H]2C(=O)N(CCCCCCO)C(C(=O)N(CC=C)c3ccc(Cl)cc3)C23S[C@@H]1CC3C. The zero-order valence-electron chi connectivity index (χ0n) is 21.9. The number of ether oxygens (including phenoxy) is 1. The van der Waals surface area contributed by atoms with Gasteiger partial charge in [-0.2, -0.15) is 0 Å². The molecule has 3 fully saturated rings. The van der Waals surface area contributed by atoms with Crippen molar-refractivity contribution in [2.45, 2.75) is 55.1 Å². The third-order valence-corrected chi connectivity index (χ3v) is 10.4. The van der Waals surface area contributed by atoms with E-state index in [9.17, 15) is 14.4 Å². The summed E-state index contributed by atoms with van der Waals surface area (Å²) < 4.78 is 4.74. The number of hydrogen-bond acceptors (Lipinski definition) is 6. The first-order valence-corrected chi connectivity index (χ1v) is 14.6. The number of hydrogen-bond donors (Lipinski definition) is 1. The lowest BCUT2D eigenvalue weighted by Crippen LogP contribution is -2.57. The Morgan fingerprint density at radius 1 is 1.21 bits per heavy atom. The summed E-state index contributed by atoms with van der Waals surface area (Å²) in [5, 5.41) is 9.64. The second kappa shape index (κ2) is 12.3. The van der Waals surface area contributed by atoms with Crippen LogP contribution in [-0.2, 0) is 19.1 Å². The fraction of sp³-hybridized carbons (Fsp3) is 0.552. The van der Waals surface area contributed by atoms with Crippen molar-refractivity contribution in [3.63, 3.8) is 0 Å². The van der Waals surface area contributed by atoms with Crippen molar-refractivity contribution in [2.75, 3.05) is 31.2 Å². The summed E-state index contributed by atoms with van der Waals surface area (Å²) in [7, 11) is 0. The van der Waals surface area contributed by atoms with E-state index >= 15 is 0 Å². The molecule has 0 aliphatic carbocycles. The molecule has 3 aliphatic rings. The number of aliphatic hydroxyl groups is 1. The van der Waals surface area contributed by atoms with Crippen molar-refractivity contribution in [1.29, 1.82) is 0 Å². The van der Waals surface area contributed by atoms with Gasteiger partial charge in [0.05, 0.1) is 16.6 Å². The van der Waals surface area contributed by atoms with Gasteiger partial charge < -0.3 is 19.6 Å². The Morgan fingerprint density at radius 3 is 2.58 bits per heavy atom. The molecule has 0 radical (unpaired) electrons. The minimum absolute atomic E-state index is 0.0679. The molecule has 3 heterocycles. The van der Waals surface area contributed by atoms with Crippen molar-refractivity contribution in [3.05, 3.63) is 54.6 Å². The van der Waals surface area contributed by atoms with Gasteiger partial charge in [-0.1, -0.05) is 50.1 Å². The molecule has 4 rings (SSSR count). The van der Waals surface area contributed by atoms with Gasteiger partial charge in [-0.05, 0) is 49.4 Å². The fourth-order valence-corrected chi connectivity index (χ4v) is 9.04. The van der Waals surface area contributed by atoms with Gasteiger partial charge in [0, 0.05) is 35.7 Å². The van der Waals surface area contributed by atoms with Crippen molar-refractivity contribution in [1.82, 2.24) is 4.90 Å². The van der Waals surface area contributed by atoms with E-state index in [-0.39, 0.29) is 48.7 Å². The summed E-state index contributed by atoms with van der Waals surface area (Å²) in [6.07, 6.45) is 7.06. The van der Waals surface area contributed by atoms with Gasteiger partial charge in [0.15, 0.2) is 0 Å². The number of rotatable bonds is 13. The number of benzene rings is 1. The van der Waals surface area contributed by atoms with Crippen LogP contribution in [0.2, 0.25) is 5.02 Å². The quantitative estimate of drug-likeness (QED) is 0.217. The molecule has 1 aromatic rings. The topological polar surface area (TPSA) is 87.1 Å². The summed E-state index contributed by atoms with van der Waals surface area (Å²) in [4.78, 5) is 45.2. The minimum Gasteiger partial charge on any atom is -0.461 e. The van der Waals surface area contributed by atoms with E-state index in [0.717, 1.165) is 25.7 Å². The number of carbonyl (C=O) groups is 3. The van der Waals surface area contributed by atoms with Gasteiger partial charge in [0.1, 0.15) is 12.6 Å². The average molecular weight is 561 g/mol. The van der Waals surface area contributed by atoms with Gasteiger partial charge in [-0.3, -0.25) is 14.4 Å². The van der Waals surface area contributed by atoms with E-state index in [2.05, 4.69) is 20.1 Å². The molecular weight excluding hydrogens is 524 g/mol. The Kier molecular flexibility index (Phi) is 9.27. The highest BCUT2D eigenvalue weighted by molar-refractivity contribution is 8.02. The van der Waals surface area contributed by atoms with Crippen LogP contribution < -0.4 is 4.90 Å². The second-order valence-electron chi connectivity index (χ2n) is 10.4. The maximum atomic E-state index is 14.5. The lowest BCUT2D eigenvalue weighted by Gasteiger charge is -2.40. The van der Waals surface area contributed by atoms with Gasteiger partial charge in [-0.15, -0.1) is 18.3 Å². The standard InChI is InChI=1S/C29H37ClN2O5S/c1-4-14-31(21-12-10-20(30)11-13-21)27(35)25-29-19(3)18-22(38-29)23(28(36)37-17-5-2)24(29)26(34)32(25)15-8-6-7-9-16-33/h4-5,10-13,19,22-25,33H,1-2,6-9,14-18H2,3H3/t19?,22-,23+,24+,25?,29?/m1/s1. The number of aliphatic hydroxyl groups excluding tert-OH is 1.